The van der Waals surface area contributed by atoms with Gasteiger partial charge in [0.1, 0.15) is 0 Å². The van der Waals surface area contributed by atoms with E-state index >= 15 is 0 Å². The van der Waals surface area contributed by atoms with Crippen LogP contribution in [0.1, 0.15) is 94.2 Å². The van der Waals surface area contributed by atoms with Crippen molar-refractivity contribution in [1.29, 1.82) is 0 Å². The molecule has 0 radical (unpaired) electrons. The van der Waals surface area contributed by atoms with Crippen LogP contribution >= 0.6 is 15.8 Å². The van der Waals surface area contributed by atoms with Gasteiger partial charge in [-0.2, -0.15) is 5.73 Å². The van der Waals surface area contributed by atoms with Gasteiger partial charge in [0, 0.05) is 5.57 Å². The van der Waals surface area contributed by atoms with Crippen LogP contribution in [0.4, 0.5) is 0 Å². The molecule has 0 saturated carbocycles. The number of carbonyl (C=O) groups excluding carboxylic acids is 3. The second-order valence-corrected chi connectivity index (χ2v) is 21.0. The Kier molecular flexibility index (Phi) is 36.4. The van der Waals surface area contributed by atoms with Crippen LogP contribution in [-0.4, -0.2) is 73.2 Å². The molecule has 0 N–H and O–H groups in total. The molecule has 0 aromatic heterocycles. The van der Waals surface area contributed by atoms with Crippen molar-refractivity contribution in [2.24, 2.45) is 0 Å². The van der Waals surface area contributed by atoms with Gasteiger partial charge in [0.05, 0.1) is 21.3 Å². The van der Waals surface area contributed by atoms with Gasteiger partial charge in [-0.05, 0) is 45.1 Å². The maximum atomic E-state index is 11.3. The molecule has 0 bridgehead atoms. The maximum Gasteiger partial charge on any atom is 3.00 e. The molecule has 0 aliphatic rings. The molecule has 0 unspecified atom stereocenters. The third-order valence-corrected chi connectivity index (χ3v) is 14.2. The van der Waals surface area contributed by atoms with Gasteiger partial charge in [-0.15, -0.1) is 11.6 Å². The van der Waals surface area contributed by atoms with Crippen molar-refractivity contribution in [3.63, 3.8) is 0 Å². The zero-order chi connectivity index (χ0) is 41.7. The predicted molar refractivity (Wildman–Crippen MR) is 226 cm³/mol. The van der Waals surface area contributed by atoms with Crippen molar-refractivity contribution < 1.29 is 48.7 Å². The van der Waals surface area contributed by atoms with Crippen LogP contribution in [0.25, 0.3) is 5.57 Å². The Morgan fingerprint density at radius 2 is 0.852 bits per heavy atom. The zero-order valence-corrected chi connectivity index (χ0v) is 39.3. The molecular weight excluding hydrogens is 891 g/mol. The molecule has 2 aromatic rings. The molecule has 0 saturated heterocycles. The van der Waals surface area contributed by atoms with Crippen molar-refractivity contribution in [2.45, 2.75) is 117 Å². The Labute approximate surface area is 345 Å². The van der Waals surface area contributed by atoms with Crippen LogP contribution in [0.15, 0.2) is 78.0 Å². The van der Waals surface area contributed by atoms with Crippen molar-refractivity contribution in [1.82, 2.24) is 0 Å². The molecule has 0 fully saturated rings. The fraction of sp³-hybridized carbons (Fsp3) is 0.467. The van der Waals surface area contributed by atoms with Crippen LogP contribution in [0.3, 0.4) is 0 Å². The molecule has 6 nitrogen and oxygen atoms in total. The minimum Gasteiger partial charge on any atom is -0.544 e. The monoisotopic (exact) mass is 954 g/mol. The summed E-state index contributed by atoms with van der Waals surface area (Å²) in [6.07, 6.45) is 13.6. The number of rotatable bonds is 10. The second-order valence-electron chi connectivity index (χ2n) is 13.0. The van der Waals surface area contributed by atoms with Gasteiger partial charge >= 0.3 is 20.1 Å². The molecule has 9 heteroatoms. The zero-order valence-electron chi connectivity index (χ0n) is 35.1. The average molecular weight is 954 g/mol. The Morgan fingerprint density at radius 3 is 1.02 bits per heavy atom. The molecule has 0 aliphatic heterocycles. The van der Waals surface area contributed by atoms with Crippen LogP contribution < -0.4 is 0 Å². The van der Waals surface area contributed by atoms with Gasteiger partial charge in [0.25, 0.3) is 0 Å². The first-order valence-electron chi connectivity index (χ1n) is 17.6. The summed E-state index contributed by atoms with van der Waals surface area (Å²) >= 11 is 0. The number of benzene rings is 2. The molecule has 54 heavy (non-hydrogen) atoms. The first kappa shape index (κ1) is 57.5. The predicted octanol–water partition coefficient (Wildman–Crippen LogP) is 10.7. The van der Waals surface area contributed by atoms with Gasteiger partial charge in [-0.25, -0.2) is 18.4 Å². The smallest absolute Gasteiger partial charge is 0.544 e. The van der Waals surface area contributed by atoms with Gasteiger partial charge in [-0.3, -0.25) is 0 Å². The van der Waals surface area contributed by atoms with Gasteiger partial charge in [-0.1, -0.05) is 160 Å². The third kappa shape index (κ3) is 27.3. The molecular formula is C45H63IrO6P2. The summed E-state index contributed by atoms with van der Waals surface area (Å²) in [7, 11) is 4.21. The van der Waals surface area contributed by atoms with Crippen LogP contribution in [0, 0.1) is 31.3 Å². The first-order valence-corrected chi connectivity index (χ1v) is 20.7. The summed E-state index contributed by atoms with van der Waals surface area (Å²) in [5.41, 5.74) is 11.4. The Hall–Kier alpha value is -3.26. The summed E-state index contributed by atoms with van der Waals surface area (Å²) in [5, 5.41) is 0. The van der Waals surface area contributed by atoms with Crippen LogP contribution in [0.2, 0.25) is 0 Å². The number of methoxy groups -OCH3 is 3. The summed E-state index contributed by atoms with van der Waals surface area (Å²) < 4.78 is 12.5. The number of esters is 3. The molecule has 298 valence electrons. The van der Waals surface area contributed by atoms with Gasteiger partial charge < -0.3 is 41.4 Å². The minimum atomic E-state index is -0.741. The van der Waals surface area contributed by atoms with E-state index in [9.17, 15) is 14.4 Å². The van der Waals surface area contributed by atoms with E-state index in [4.69, 9.17) is 19.4 Å². The van der Waals surface area contributed by atoms with E-state index < -0.39 is 17.9 Å². The van der Waals surface area contributed by atoms with Crippen molar-refractivity contribution >= 4 is 39.3 Å². The fourth-order valence-electron chi connectivity index (χ4n) is 5.55. The van der Waals surface area contributed by atoms with Gasteiger partial charge in [0.2, 0.25) is 17.9 Å². The molecule has 2 rings (SSSR count). The topological polar surface area (TPSA) is 78.9 Å². The number of ether oxygens (including phenoxy) is 3. The van der Waals surface area contributed by atoms with E-state index in [0.717, 1.165) is 50.7 Å². The standard InChI is InChI=1S/C19H15O2.2C9H21P.2C4H3O2.Ir/c1-15(19(20)21-2)13-14-18(16-9-5-3-6-10-16)17-11-7-4-8-12-17;2*1-7(2)10(8(3)4)9(5)6;2*1-3-4(5)6-2;/h1,3-13H,2H3;2*7-9H,1-6H3;2*2H3;/q-1;;;2*-1;+3. The second kappa shape index (κ2) is 34.2. The van der Waals surface area contributed by atoms with Crippen molar-refractivity contribution in [3.8, 4) is 11.8 Å². The molecule has 0 atom stereocenters. The van der Waals surface area contributed by atoms with Crippen LogP contribution in [0.5, 0.6) is 0 Å². The van der Waals surface area contributed by atoms with E-state index in [1.165, 1.54) is 39.2 Å². The number of hydrogen-bond donors (Lipinski definition) is 0. The van der Waals surface area contributed by atoms with Gasteiger partial charge in [0.15, 0.2) is 0 Å². The average Bonchev–Trinajstić information content (AvgIpc) is 3.11. The van der Waals surface area contributed by atoms with Crippen LogP contribution in [-0.2, 0) is 48.7 Å². The third-order valence-electron chi connectivity index (χ3n) is 7.07. The Morgan fingerprint density at radius 1 is 0.574 bits per heavy atom. The maximum absolute atomic E-state index is 11.3. The summed E-state index contributed by atoms with van der Waals surface area (Å²) in [4.78, 5) is 30.7. The fourth-order valence-corrected chi connectivity index (χ4v) is 12.7. The molecule has 0 spiro atoms. The summed E-state index contributed by atoms with van der Waals surface area (Å²) in [5.74, 6) is 0.959. The summed E-state index contributed by atoms with van der Waals surface area (Å²) in [6, 6.07) is 19.6. The van der Waals surface area contributed by atoms with Crippen molar-refractivity contribution in [3.05, 3.63) is 109 Å². The molecule has 0 heterocycles. The Balaban J connectivity index is -0.000000321. The van der Waals surface area contributed by atoms with Crippen molar-refractivity contribution in [2.75, 3.05) is 21.3 Å². The molecule has 0 aliphatic carbocycles. The summed E-state index contributed by atoms with van der Waals surface area (Å²) in [6.45, 7) is 33.9. The molecule has 0 amide bonds. The normalized spacial score (nSPS) is 9.65. The SMILES string of the molecule is CC(C)P(C(C)C)C(C)C.CC(C)P(C(C)C)C(C)C.[C-]#CC(=O)OC.[C-]#CC(=O)OC.[CH-]=C(C=C=C(c1ccccc1)c1ccccc1)C(=O)OC.[Ir+3]. The minimum absolute atomic E-state index is 0. The van der Waals surface area contributed by atoms with E-state index in [0.29, 0.717) is 0 Å². The van der Waals surface area contributed by atoms with E-state index in [2.05, 4.69) is 103 Å². The van der Waals surface area contributed by atoms with E-state index in [-0.39, 0.29) is 41.5 Å². The Bertz CT molecular complexity index is 1350. The number of hydrogen-bond acceptors (Lipinski definition) is 6. The van der Waals surface area contributed by atoms with E-state index in [1.807, 2.05) is 60.7 Å². The molecule has 2 aromatic carbocycles. The quantitative estimate of drug-likeness (QED) is 0.0345. The van der Waals surface area contributed by atoms with E-state index in [1.54, 1.807) is 0 Å². The first-order chi connectivity index (χ1) is 24.8. The number of carbonyl (C=O) groups is 3. The largest absolute Gasteiger partial charge is 3.00 e.